The highest BCUT2D eigenvalue weighted by atomic mass is 16.3. The Morgan fingerprint density at radius 1 is 1.44 bits per heavy atom. The number of carbonyl (C=O) groups is 1. The molecule has 1 aromatic carbocycles. The van der Waals surface area contributed by atoms with Crippen LogP contribution in [0, 0.1) is 11.3 Å². The lowest BCUT2D eigenvalue weighted by molar-refractivity contribution is -0.123. The average molecular weight is 244 g/mol. The summed E-state index contributed by atoms with van der Waals surface area (Å²) in [4.78, 5) is 11.8. The van der Waals surface area contributed by atoms with E-state index in [9.17, 15) is 9.90 Å². The zero-order valence-corrected chi connectivity index (χ0v) is 10.1. The summed E-state index contributed by atoms with van der Waals surface area (Å²) in [6.07, 6.45) is 6.13. The molecule has 1 atom stereocenters. The normalized spacial score (nSPS) is 23.9. The first-order chi connectivity index (χ1) is 8.71. The number of nitrogens with zero attached hydrogens (tertiary/aromatic N) is 1. The molecule has 0 heterocycles. The Balaban J connectivity index is 1.55. The van der Waals surface area contributed by atoms with Crippen molar-refractivity contribution in [3.8, 4) is 5.75 Å². The van der Waals surface area contributed by atoms with Gasteiger partial charge in [0.25, 0.3) is 0 Å². The minimum Gasteiger partial charge on any atom is -0.507 e. The molecule has 2 aliphatic rings. The first kappa shape index (κ1) is 11.3. The lowest BCUT2D eigenvalue weighted by Crippen LogP contribution is -2.26. The maximum Gasteiger partial charge on any atom is 0.243 e. The molecule has 2 N–H and O–H groups in total. The highest BCUT2D eigenvalue weighted by molar-refractivity contribution is 5.86. The molecular weight excluding hydrogens is 228 g/mol. The zero-order chi connectivity index (χ0) is 12.6. The van der Waals surface area contributed by atoms with Crippen molar-refractivity contribution in [3.63, 3.8) is 0 Å². The molecule has 0 unspecified atom stereocenters. The van der Waals surface area contributed by atoms with Crippen LogP contribution in [0.25, 0.3) is 0 Å². The van der Waals surface area contributed by atoms with Crippen LogP contribution in [-0.4, -0.2) is 17.2 Å². The second kappa shape index (κ2) is 4.12. The summed E-state index contributed by atoms with van der Waals surface area (Å²) in [6, 6.07) is 6.89. The van der Waals surface area contributed by atoms with Gasteiger partial charge < -0.3 is 5.11 Å². The van der Waals surface area contributed by atoms with Gasteiger partial charge in [0.2, 0.25) is 5.91 Å². The highest BCUT2D eigenvalue weighted by Crippen LogP contribution is 2.65. The summed E-state index contributed by atoms with van der Waals surface area (Å²) in [5.41, 5.74) is 3.49. The van der Waals surface area contributed by atoms with Gasteiger partial charge in [0.1, 0.15) is 5.75 Å². The molecule has 2 saturated carbocycles. The molecule has 4 heteroatoms. The van der Waals surface area contributed by atoms with Gasteiger partial charge in [-0.25, -0.2) is 5.43 Å². The summed E-state index contributed by atoms with van der Waals surface area (Å²) in [5, 5.41) is 13.4. The van der Waals surface area contributed by atoms with Crippen LogP contribution < -0.4 is 5.43 Å². The summed E-state index contributed by atoms with van der Waals surface area (Å²) in [7, 11) is 0. The van der Waals surface area contributed by atoms with Crippen molar-refractivity contribution in [1.29, 1.82) is 0 Å². The van der Waals surface area contributed by atoms with Crippen LogP contribution in [0.5, 0.6) is 5.75 Å². The maximum absolute atomic E-state index is 11.8. The van der Waals surface area contributed by atoms with Gasteiger partial charge in [-0.05, 0) is 36.8 Å². The molecule has 2 fully saturated rings. The number of phenols is 1. The zero-order valence-electron chi connectivity index (χ0n) is 10.1. The van der Waals surface area contributed by atoms with E-state index < -0.39 is 0 Å². The molecule has 0 aliphatic heterocycles. The molecule has 1 spiro atoms. The topological polar surface area (TPSA) is 61.7 Å². The largest absolute Gasteiger partial charge is 0.507 e. The number of nitrogens with one attached hydrogen (secondary N) is 1. The van der Waals surface area contributed by atoms with Crippen LogP contribution in [0.4, 0.5) is 0 Å². The average Bonchev–Trinajstić information content (AvgIpc) is 3.07. The Hall–Kier alpha value is -1.84. The quantitative estimate of drug-likeness (QED) is 0.631. The molecule has 4 nitrogen and oxygen atoms in total. The van der Waals surface area contributed by atoms with Gasteiger partial charge in [0.15, 0.2) is 0 Å². The molecule has 2 aliphatic carbocycles. The van der Waals surface area contributed by atoms with Crippen molar-refractivity contribution in [2.45, 2.75) is 25.7 Å². The number of aromatic hydroxyl groups is 1. The fourth-order valence-corrected chi connectivity index (χ4v) is 2.74. The smallest absolute Gasteiger partial charge is 0.243 e. The Kier molecular flexibility index (Phi) is 2.58. The standard InChI is InChI=1S/C14H16N2O2/c17-12-5-2-1-4-10(12)9-15-16-13(18)11-8-14(11)6-3-7-14/h1-2,4-5,9,11,17H,3,6-8H2,(H,16,18)/t11-/m1/s1. The Morgan fingerprint density at radius 2 is 2.22 bits per heavy atom. The SMILES string of the molecule is O=C(NN=Cc1ccccc1O)[C@H]1CC12CCC2. The fraction of sp³-hybridized carbons (Fsp3) is 0.429. The van der Waals surface area contributed by atoms with E-state index in [0.29, 0.717) is 11.0 Å². The fourth-order valence-electron chi connectivity index (χ4n) is 2.74. The van der Waals surface area contributed by atoms with Gasteiger partial charge in [0.05, 0.1) is 6.21 Å². The van der Waals surface area contributed by atoms with Crippen molar-refractivity contribution in [3.05, 3.63) is 29.8 Å². The monoisotopic (exact) mass is 244 g/mol. The number of para-hydroxylation sites is 1. The predicted octanol–water partition coefficient (Wildman–Crippen LogP) is 2.03. The van der Waals surface area contributed by atoms with E-state index in [1.165, 1.54) is 25.5 Å². The maximum atomic E-state index is 11.8. The third-order valence-corrected chi connectivity index (χ3v) is 4.17. The van der Waals surface area contributed by atoms with Gasteiger partial charge in [-0.3, -0.25) is 4.79 Å². The van der Waals surface area contributed by atoms with Crippen LogP contribution in [0.2, 0.25) is 0 Å². The minimum absolute atomic E-state index is 0.0152. The third-order valence-electron chi connectivity index (χ3n) is 4.17. The van der Waals surface area contributed by atoms with Gasteiger partial charge in [0, 0.05) is 11.5 Å². The van der Waals surface area contributed by atoms with E-state index in [4.69, 9.17) is 0 Å². The summed E-state index contributed by atoms with van der Waals surface area (Å²) in [5.74, 6) is 0.339. The van der Waals surface area contributed by atoms with E-state index >= 15 is 0 Å². The highest BCUT2D eigenvalue weighted by Gasteiger charge is 2.60. The summed E-state index contributed by atoms with van der Waals surface area (Å²) in [6.45, 7) is 0. The molecule has 3 rings (SSSR count). The van der Waals surface area contributed by atoms with Crippen LogP contribution in [0.1, 0.15) is 31.2 Å². The number of benzene rings is 1. The molecule has 0 bridgehead atoms. The van der Waals surface area contributed by atoms with Crippen molar-refractivity contribution in [2.24, 2.45) is 16.4 Å². The van der Waals surface area contributed by atoms with Crippen LogP contribution >= 0.6 is 0 Å². The number of hydrogen-bond donors (Lipinski definition) is 2. The molecule has 0 aromatic heterocycles. The van der Waals surface area contributed by atoms with E-state index in [0.717, 1.165) is 6.42 Å². The van der Waals surface area contributed by atoms with E-state index in [1.807, 2.05) is 6.07 Å². The Morgan fingerprint density at radius 3 is 2.83 bits per heavy atom. The molecule has 94 valence electrons. The molecule has 1 amide bonds. The Labute approximate surface area is 106 Å². The van der Waals surface area contributed by atoms with Crippen LogP contribution in [0.15, 0.2) is 29.4 Å². The van der Waals surface area contributed by atoms with Gasteiger partial charge in [-0.15, -0.1) is 0 Å². The molecule has 0 radical (unpaired) electrons. The van der Waals surface area contributed by atoms with Crippen molar-refractivity contribution < 1.29 is 9.90 Å². The lowest BCUT2D eigenvalue weighted by atomic mass is 9.80. The number of hydrazone groups is 1. The first-order valence-electron chi connectivity index (χ1n) is 6.32. The second-order valence-electron chi connectivity index (χ2n) is 5.27. The lowest BCUT2D eigenvalue weighted by Gasteiger charge is -2.25. The van der Waals surface area contributed by atoms with E-state index in [2.05, 4.69) is 10.5 Å². The third kappa shape index (κ3) is 1.88. The van der Waals surface area contributed by atoms with E-state index in [1.54, 1.807) is 18.2 Å². The van der Waals surface area contributed by atoms with Crippen molar-refractivity contribution in [1.82, 2.24) is 5.43 Å². The van der Waals surface area contributed by atoms with Crippen molar-refractivity contribution in [2.75, 3.05) is 0 Å². The van der Waals surface area contributed by atoms with Gasteiger partial charge in [-0.1, -0.05) is 18.6 Å². The van der Waals surface area contributed by atoms with E-state index in [-0.39, 0.29) is 17.6 Å². The predicted molar refractivity (Wildman–Crippen MR) is 68.2 cm³/mol. The number of hydrogen-bond acceptors (Lipinski definition) is 3. The van der Waals surface area contributed by atoms with Crippen LogP contribution in [0.3, 0.4) is 0 Å². The van der Waals surface area contributed by atoms with Crippen LogP contribution in [-0.2, 0) is 4.79 Å². The first-order valence-corrected chi connectivity index (χ1v) is 6.32. The van der Waals surface area contributed by atoms with Crippen molar-refractivity contribution >= 4 is 12.1 Å². The van der Waals surface area contributed by atoms with Gasteiger partial charge >= 0.3 is 0 Å². The molecule has 0 saturated heterocycles. The molecule has 18 heavy (non-hydrogen) atoms. The van der Waals surface area contributed by atoms with Gasteiger partial charge in [-0.2, -0.15) is 5.10 Å². The Bertz CT molecular complexity index is 506. The molecular formula is C14H16N2O2. The molecule has 1 aromatic rings. The number of amides is 1. The summed E-state index contributed by atoms with van der Waals surface area (Å²) >= 11 is 0. The number of rotatable bonds is 3. The minimum atomic E-state index is 0.0152. The second-order valence-corrected chi connectivity index (χ2v) is 5.27. The number of phenolic OH excluding ortho intramolecular Hbond substituents is 1. The summed E-state index contributed by atoms with van der Waals surface area (Å²) < 4.78 is 0. The number of carbonyl (C=O) groups excluding carboxylic acids is 1.